The molecule has 0 amide bonds. The number of nitrogen functional groups attached to an aromatic ring is 1. The Hall–Kier alpha value is -3.21. The monoisotopic (exact) mass is 430 g/mol. The summed E-state index contributed by atoms with van der Waals surface area (Å²) in [5, 5.41) is 4.32. The van der Waals surface area contributed by atoms with Crippen LogP contribution >= 0.6 is 0 Å². The molecule has 3 aromatic heterocycles. The van der Waals surface area contributed by atoms with Crippen molar-refractivity contribution in [3.63, 3.8) is 0 Å². The maximum absolute atomic E-state index is 12.4. The molecular weight excluding hydrogens is 408 g/mol. The van der Waals surface area contributed by atoms with E-state index in [-0.39, 0.29) is 41.8 Å². The molecule has 3 aromatic rings. The Morgan fingerprint density at radius 3 is 2.53 bits per heavy atom. The van der Waals surface area contributed by atoms with Crippen LogP contribution in [0.5, 0.6) is 5.88 Å². The molecule has 0 atom stereocenters. The number of carbonyl (C=O) groups is 1. The van der Waals surface area contributed by atoms with Gasteiger partial charge in [0.2, 0.25) is 5.88 Å². The highest BCUT2D eigenvalue weighted by atomic mass is 32.2. The van der Waals surface area contributed by atoms with Gasteiger partial charge in [-0.2, -0.15) is 9.61 Å². The number of hydrogen-bond donors (Lipinski definition) is 1. The lowest BCUT2D eigenvalue weighted by Crippen LogP contribution is -2.41. The van der Waals surface area contributed by atoms with Crippen LogP contribution in [0.2, 0.25) is 0 Å². The molecule has 1 fully saturated rings. The first-order chi connectivity index (χ1) is 14.2. The van der Waals surface area contributed by atoms with Crippen LogP contribution in [0.25, 0.3) is 16.8 Å². The van der Waals surface area contributed by atoms with Crippen molar-refractivity contribution in [2.75, 3.05) is 42.3 Å². The number of carbonyl (C=O) groups excluding carboxylic acids is 1. The van der Waals surface area contributed by atoms with E-state index in [9.17, 15) is 13.2 Å². The normalized spacial score (nSPS) is 16.0. The Balaban J connectivity index is 1.89. The number of aryl methyl sites for hydroxylation is 1. The van der Waals surface area contributed by atoms with Crippen LogP contribution < -0.4 is 15.4 Å². The average molecular weight is 430 g/mol. The van der Waals surface area contributed by atoms with Gasteiger partial charge in [-0.1, -0.05) is 0 Å². The molecule has 1 aliphatic rings. The third-order valence-electron chi connectivity index (χ3n) is 5.19. The maximum atomic E-state index is 12.4. The summed E-state index contributed by atoms with van der Waals surface area (Å²) in [6.07, 6.45) is 3.28. The second-order valence-electron chi connectivity index (χ2n) is 7.23. The smallest absolute Gasteiger partial charge is 0.215 e. The number of methoxy groups -OCH3 is 1. The number of sulfone groups is 1. The number of anilines is 2. The number of aromatic nitrogens is 4. The van der Waals surface area contributed by atoms with Gasteiger partial charge >= 0.3 is 0 Å². The first-order valence-electron chi connectivity index (χ1n) is 9.36. The lowest BCUT2D eigenvalue weighted by atomic mass is 10.1. The van der Waals surface area contributed by atoms with Crippen molar-refractivity contribution in [3.05, 3.63) is 29.6 Å². The number of hydrogen-bond acceptors (Lipinski definition) is 9. The van der Waals surface area contributed by atoms with Gasteiger partial charge in [0.15, 0.2) is 21.3 Å². The van der Waals surface area contributed by atoms with Crippen LogP contribution in [0, 0.1) is 6.92 Å². The largest absolute Gasteiger partial charge is 0.481 e. The second-order valence-corrected chi connectivity index (χ2v) is 9.54. The number of rotatable bonds is 4. The van der Waals surface area contributed by atoms with Crippen molar-refractivity contribution in [2.24, 2.45) is 0 Å². The zero-order valence-corrected chi connectivity index (χ0v) is 17.7. The van der Waals surface area contributed by atoms with E-state index < -0.39 is 9.84 Å². The molecule has 0 spiro atoms. The lowest BCUT2D eigenvalue weighted by molar-refractivity contribution is 0.101. The molecule has 0 bridgehead atoms. The first kappa shape index (κ1) is 20.1. The molecule has 158 valence electrons. The predicted molar refractivity (Wildman–Crippen MR) is 113 cm³/mol. The SMILES string of the molecule is COc1ncc(-c2cnn3c(N)c(C(C)=O)c(N4CCS(=O)(=O)CC4)nc23)cc1C. The van der Waals surface area contributed by atoms with Crippen LogP contribution in [0.4, 0.5) is 11.6 Å². The van der Waals surface area contributed by atoms with Crippen LogP contribution in [0.1, 0.15) is 22.8 Å². The van der Waals surface area contributed by atoms with Crippen molar-refractivity contribution >= 4 is 32.9 Å². The molecule has 1 aliphatic heterocycles. The minimum Gasteiger partial charge on any atom is -0.481 e. The minimum absolute atomic E-state index is 0.00478. The van der Waals surface area contributed by atoms with E-state index in [2.05, 4.69) is 10.1 Å². The number of ether oxygens (including phenoxy) is 1. The molecule has 30 heavy (non-hydrogen) atoms. The highest BCUT2D eigenvalue weighted by Crippen LogP contribution is 2.32. The van der Waals surface area contributed by atoms with Gasteiger partial charge in [0, 0.05) is 36.0 Å². The summed E-state index contributed by atoms with van der Waals surface area (Å²) >= 11 is 0. The number of fused-ring (bicyclic) bond motifs is 1. The van der Waals surface area contributed by atoms with E-state index in [0.29, 0.717) is 22.9 Å². The Bertz CT molecular complexity index is 1250. The maximum Gasteiger partial charge on any atom is 0.215 e. The molecule has 10 nitrogen and oxygen atoms in total. The summed E-state index contributed by atoms with van der Waals surface area (Å²) in [6.45, 7) is 3.79. The number of Topliss-reactive ketones (excluding diaryl/α,β-unsaturated/α-hetero) is 1. The fourth-order valence-corrected chi connectivity index (χ4v) is 4.82. The van der Waals surface area contributed by atoms with E-state index in [1.54, 1.807) is 24.4 Å². The van der Waals surface area contributed by atoms with Crippen LogP contribution in [0.3, 0.4) is 0 Å². The zero-order valence-electron chi connectivity index (χ0n) is 16.9. The summed E-state index contributed by atoms with van der Waals surface area (Å²) < 4.78 is 30.3. The molecule has 0 aliphatic carbocycles. The molecule has 4 heterocycles. The minimum atomic E-state index is -3.08. The van der Waals surface area contributed by atoms with Crippen molar-refractivity contribution in [2.45, 2.75) is 13.8 Å². The quantitative estimate of drug-likeness (QED) is 0.605. The number of nitrogens with zero attached hydrogens (tertiary/aromatic N) is 5. The molecule has 1 saturated heterocycles. The molecule has 0 saturated carbocycles. The summed E-state index contributed by atoms with van der Waals surface area (Å²) in [4.78, 5) is 23.2. The molecule has 0 unspecified atom stereocenters. The fraction of sp³-hybridized carbons (Fsp3) is 0.368. The Morgan fingerprint density at radius 2 is 1.93 bits per heavy atom. The number of pyridine rings is 1. The van der Waals surface area contributed by atoms with E-state index in [1.807, 2.05) is 13.0 Å². The topological polar surface area (TPSA) is 133 Å². The Labute approximate surface area is 173 Å². The number of ketones is 1. The van der Waals surface area contributed by atoms with E-state index in [0.717, 1.165) is 11.1 Å². The third-order valence-corrected chi connectivity index (χ3v) is 6.80. The van der Waals surface area contributed by atoms with Gasteiger partial charge in [0.05, 0.1) is 24.8 Å². The van der Waals surface area contributed by atoms with Gasteiger partial charge in [-0.25, -0.2) is 18.4 Å². The summed E-state index contributed by atoms with van der Waals surface area (Å²) in [6, 6.07) is 1.91. The average Bonchev–Trinajstić information content (AvgIpc) is 3.12. The standard InChI is InChI=1S/C19H22N6O4S/c1-11-8-13(9-21-19(11)29-3)14-10-22-25-16(20)15(12(2)26)18(23-17(14)25)24-4-6-30(27,28)7-5-24/h8-10H,4-7,20H2,1-3H3. The van der Waals surface area contributed by atoms with Crippen molar-refractivity contribution in [1.29, 1.82) is 0 Å². The highest BCUT2D eigenvalue weighted by molar-refractivity contribution is 7.91. The summed E-state index contributed by atoms with van der Waals surface area (Å²) in [5.41, 5.74) is 9.33. The van der Waals surface area contributed by atoms with Crippen molar-refractivity contribution in [3.8, 4) is 17.0 Å². The molecule has 2 N–H and O–H groups in total. The van der Waals surface area contributed by atoms with Crippen LogP contribution in [-0.4, -0.2) is 65.5 Å². The van der Waals surface area contributed by atoms with E-state index in [1.165, 1.54) is 11.4 Å². The Morgan fingerprint density at radius 1 is 1.23 bits per heavy atom. The lowest BCUT2D eigenvalue weighted by Gasteiger charge is -2.29. The molecule has 4 rings (SSSR count). The molecular formula is C19H22N6O4S. The third kappa shape index (κ3) is 3.34. The van der Waals surface area contributed by atoms with E-state index in [4.69, 9.17) is 15.5 Å². The van der Waals surface area contributed by atoms with Gasteiger partial charge in [-0.15, -0.1) is 0 Å². The van der Waals surface area contributed by atoms with Crippen molar-refractivity contribution in [1.82, 2.24) is 19.6 Å². The van der Waals surface area contributed by atoms with Gasteiger partial charge in [-0.05, 0) is 19.9 Å². The van der Waals surface area contributed by atoms with Crippen molar-refractivity contribution < 1.29 is 17.9 Å². The van der Waals surface area contributed by atoms with Crippen LogP contribution in [0.15, 0.2) is 18.5 Å². The number of nitrogens with two attached hydrogens (primary N) is 1. The summed E-state index contributed by atoms with van der Waals surface area (Å²) in [5.74, 6) is 0.819. The molecule has 0 aromatic carbocycles. The predicted octanol–water partition coefficient (Wildman–Crippen LogP) is 1.13. The highest BCUT2D eigenvalue weighted by Gasteiger charge is 2.28. The molecule has 0 radical (unpaired) electrons. The molecule has 11 heteroatoms. The van der Waals surface area contributed by atoms with Gasteiger partial charge in [-0.3, -0.25) is 4.79 Å². The fourth-order valence-electron chi connectivity index (χ4n) is 3.62. The Kier molecular flexibility index (Phi) is 4.85. The van der Waals surface area contributed by atoms with Gasteiger partial charge in [0.1, 0.15) is 17.2 Å². The second kappa shape index (κ2) is 7.24. The van der Waals surface area contributed by atoms with E-state index >= 15 is 0 Å². The first-order valence-corrected chi connectivity index (χ1v) is 11.2. The summed E-state index contributed by atoms with van der Waals surface area (Å²) in [7, 11) is -1.53. The van der Waals surface area contributed by atoms with Gasteiger partial charge in [0.25, 0.3) is 0 Å². The zero-order chi connectivity index (χ0) is 21.6. The van der Waals surface area contributed by atoms with Gasteiger partial charge < -0.3 is 15.4 Å². The van der Waals surface area contributed by atoms with Crippen LogP contribution in [-0.2, 0) is 9.84 Å².